The van der Waals surface area contributed by atoms with E-state index >= 15 is 0 Å². The Balaban J connectivity index is 1.33. The van der Waals surface area contributed by atoms with Gasteiger partial charge < -0.3 is 19.7 Å². The van der Waals surface area contributed by atoms with Gasteiger partial charge in [0.2, 0.25) is 17.7 Å². The van der Waals surface area contributed by atoms with Crippen LogP contribution < -0.4 is 10.6 Å². The molecule has 1 aliphatic carbocycles. The maximum absolute atomic E-state index is 12.5. The molecule has 0 spiro atoms. The van der Waals surface area contributed by atoms with E-state index in [4.69, 9.17) is 4.52 Å². The number of carbonyl (C=O) groups is 2. The Kier molecular flexibility index (Phi) is 7.40. The maximum atomic E-state index is 12.5. The van der Waals surface area contributed by atoms with Crippen LogP contribution in [0.25, 0.3) is 5.69 Å². The number of benzene rings is 1. The lowest BCUT2D eigenvalue weighted by atomic mass is 9.89. The predicted octanol–water partition coefficient (Wildman–Crippen LogP) is 3.75. The number of carbonyl (C=O) groups excluding carboxylic acids is 2. The molecule has 1 unspecified atom stereocenters. The molecule has 0 radical (unpaired) electrons. The van der Waals surface area contributed by atoms with Gasteiger partial charge in [-0.2, -0.15) is 4.98 Å². The minimum atomic E-state index is -0.580. The second kappa shape index (κ2) is 10.6. The molecule has 1 atom stereocenters. The Morgan fingerprint density at radius 2 is 1.88 bits per heavy atom. The molecule has 3 aromatic rings. The van der Waals surface area contributed by atoms with Crippen LogP contribution in [0.4, 0.5) is 0 Å². The summed E-state index contributed by atoms with van der Waals surface area (Å²) in [7, 11) is 0. The summed E-state index contributed by atoms with van der Waals surface area (Å²) in [6, 6.07) is 7.87. The highest BCUT2D eigenvalue weighted by atomic mass is 16.5. The largest absolute Gasteiger partial charge is 0.350 e. The summed E-state index contributed by atoms with van der Waals surface area (Å²) < 4.78 is 7.38. The third-order valence-electron chi connectivity index (χ3n) is 6.41. The van der Waals surface area contributed by atoms with E-state index in [1.807, 2.05) is 42.0 Å². The molecule has 1 saturated carbocycles. The van der Waals surface area contributed by atoms with E-state index in [1.165, 1.54) is 6.92 Å². The number of aromatic nitrogens is 4. The van der Waals surface area contributed by atoms with Crippen molar-refractivity contribution in [2.24, 2.45) is 0 Å². The Hall–Kier alpha value is -3.49. The number of amides is 2. The molecule has 2 amide bonds. The summed E-state index contributed by atoms with van der Waals surface area (Å²) in [6.07, 6.45) is 11.8. The van der Waals surface area contributed by atoms with Crippen LogP contribution >= 0.6 is 0 Å². The molecule has 2 N–H and O–H groups in total. The fourth-order valence-electron chi connectivity index (χ4n) is 4.59. The van der Waals surface area contributed by atoms with Gasteiger partial charge in [-0.05, 0) is 37.5 Å². The van der Waals surface area contributed by atoms with E-state index in [2.05, 4.69) is 25.8 Å². The lowest BCUT2D eigenvalue weighted by Crippen LogP contribution is -2.45. The number of hydrogen-bond donors (Lipinski definition) is 2. The van der Waals surface area contributed by atoms with E-state index in [1.54, 1.807) is 12.5 Å². The molecule has 0 aliphatic heterocycles. The number of nitrogens with zero attached hydrogens (tertiary/aromatic N) is 4. The molecule has 9 nitrogen and oxygen atoms in total. The van der Waals surface area contributed by atoms with Crippen molar-refractivity contribution in [3.05, 3.63) is 60.3 Å². The highest BCUT2D eigenvalue weighted by Crippen LogP contribution is 2.34. The fourth-order valence-corrected chi connectivity index (χ4v) is 4.59. The second-order valence-corrected chi connectivity index (χ2v) is 9.04. The van der Waals surface area contributed by atoms with Crippen LogP contribution in [0.1, 0.15) is 82.1 Å². The topological polar surface area (TPSA) is 115 Å². The van der Waals surface area contributed by atoms with Crippen molar-refractivity contribution in [1.82, 2.24) is 30.3 Å². The first-order chi connectivity index (χ1) is 16.4. The highest BCUT2D eigenvalue weighted by molar-refractivity contribution is 5.76. The molecular weight excluding hydrogens is 432 g/mol. The Morgan fingerprint density at radius 3 is 2.53 bits per heavy atom. The van der Waals surface area contributed by atoms with Gasteiger partial charge in [0.05, 0.1) is 12.4 Å². The standard InChI is InChI=1S/C25H32N6O3/c1-18(20-7-9-21(10-8-20)31-16-15-26-17-31)27-22(33)11-12-23-28-24(30-34-23)25(29-19(2)32)13-5-3-4-6-14-25/h7-10,15-18H,3-6,11-14H2,1-2H3,(H,27,33)(H,29,32). The Bertz CT molecular complexity index is 1080. The van der Waals surface area contributed by atoms with Crippen LogP contribution in [0.15, 0.2) is 47.5 Å². The summed E-state index contributed by atoms with van der Waals surface area (Å²) in [5.41, 5.74) is 1.45. The quantitative estimate of drug-likeness (QED) is 0.491. The van der Waals surface area contributed by atoms with E-state index in [0.29, 0.717) is 18.1 Å². The van der Waals surface area contributed by atoms with Crippen molar-refractivity contribution in [3.8, 4) is 5.69 Å². The van der Waals surface area contributed by atoms with Crippen LogP contribution in [0.5, 0.6) is 0 Å². The maximum Gasteiger partial charge on any atom is 0.227 e. The van der Waals surface area contributed by atoms with E-state index in [9.17, 15) is 9.59 Å². The summed E-state index contributed by atoms with van der Waals surface area (Å²) in [5, 5.41) is 10.3. The third kappa shape index (κ3) is 5.70. The molecule has 1 aromatic carbocycles. The molecule has 2 heterocycles. The first kappa shape index (κ1) is 23.7. The van der Waals surface area contributed by atoms with Crippen LogP contribution in [0, 0.1) is 0 Å². The monoisotopic (exact) mass is 464 g/mol. The zero-order chi connectivity index (χ0) is 24.0. The molecule has 180 valence electrons. The summed E-state index contributed by atoms with van der Waals surface area (Å²) >= 11 is 0. The first-order valence-corrected chi connectivity index (χ1v) is 11.9. The Labute approximate surface area is 199 Å². The van der Waals surface area contributed by atoms with Gasteiger partial charge in [-0.15, -0.1) is 0 Å². The fraction of sp³-hybridized carbons (Fsp3) is 0.480. The van der Waals surface area contributed by atoms with Gasteiger partial charge in [-0.25, -0.2) is 4.98 Å². The summed E-state index contributed by atoms with van der Waals surface area (Å²) in [4.78, 5) is 33.0. The van der Waals surface area contributed by atoms with Gasteiger partial charge in [-0.1, -0.05) is 43.0 Å². The van der Waals surface area contributed by atoms with Crippen LogP contribution in [0.2, 0.25) is 0 Å². The molecule has 34 heavy (non-hydrogen) atoms. The Morgan fingerprint density at radius 1 is 1.15 bits per heavy atom. The minimum Gasteiger partial charge on any atom is -0.350 e. The van der Waals surface area contributed by atoms with Gasteiger partial charge in [0.15, 0.2) is 5.82 Å². The van der Waals surface area contributed by atoms with Gasteiger partial charge >= 0.3 is 0 Å². The van der Waals surface area contributed by atoms with Crippen molar-refractivity contribution in [3.63, 3.8) is 0 Å². The van der Waals surface area contributed by atoms with Crippen LogP contribution in [-0.4, -0.2) is 31.5 Å². The number of nitrogens with one attached hydrogen (secondary N) is 2. The van der Waals surface area contributed by atoms with E-state index in [0.717, 1.165) is 49.8 Å². The third-order valence-corrected chi connectivity index (χ3v) is 6.41. The van der Waals surface area contributed by atoms with Crippen molar-refractivity contribution in [1.29, 1.82) is 0 Å². The van der Waals surface area contributed by atoms with Gasteiger partial charge in [-0.3, -0.25) is 9.59 Å². The number of rotatable bonds is 8. The van der Waals surface area contributed by atoms with E-state index < -0.39 is 5.54 Å². The summed E-state index contributed by atoms with van der Waals surface area (Å²) in [5.74, 6) is 0.750. The molecule has 1 fully saturated rings. The number of aryl methyl sites for hydroxylation is 1. The van der Waals surface area contributed by atoms with Crippen molar-refractivity contribution < 1.29 is 14.1 Å². The SMILES string of the molecule is CC(=O)NC1(c2noc(CCC(=O)NC(C)c3ccc(-n4ccnc4)cc3)n2)CCCCCC1. The van der Waals surface area contributed by atoms with Crippen molar-refractivity contribution in [2.45, 2.75) is 76.8 Å². The molecule has 0 bridgehead atoms. The van der Waals surface area contributed by atoms with Crippen molar-refractivity contribution >= 4 is 11.8 Å². The molecule has 2 aromatic heterocycles. The summed E-state index contributed by atoms with van der Waals surface area (Å²) in [6.45, 7) is 3.47. The molecule has 4 rings (SSSR count). The minimum absolute atomic E-state index is 0.0861. The van der Waals surface area contributed by atoms with Crippen LogP contribution in [0.3, 0.4) is 0 Å². The van der Waals surface area contributed by atoms with Crippen molar-refractivity contribution in [2.75, 3.05) is 0 Å². The number of hydrogen-bond acceptors (Lipinski definition) is 6. The lowest BCUT2D eigenvalue weighted by molar-refractivity contribution is -0.122. The zero-order valence-corrected chi connectivity index (χ0v) is 19.8. The van der Waals surface area contributed by atoms with Crippen LogP contribution in [-0.2, 0) is 21.5 Å². The highest BCUT2D eigenvalue weighted by Gasteiger charge is 2.38. The van der Waals surface area contributed by atoms with Gasteiger partial charge in [0.25, 0.3) is 0 Å². The molecular formula is C25H32N6O3. The smallest absolute Gasteiger partial charge is 0.227 e. The van der Waals surface area contributed by atoms with Gasteiger partial charge in [0.1, 0.15) is 5.54 Å². The predicted molar refractivity (Wildman–Crippen MR) is 126 cm³/mol. The molecule has 1 aliphatic rings. The van der Waals surface area contributed by atoms with E-state index in [-0.39, 0.29) is 24.3 Å². The first-order valence-electron chi connectivity index (χ1n) is 11.9. The number of imidazole rings is 1. The molecule has 0 saturated heterocycles. The zero-order valence-electron chi connectivity index (χ0n) is 19.8. The lowest BCUT2D eigenvalue weighted by Gasteiger charge is -2.30. The molecule has 9 heteroatoms. The average Bonchev–Trinajstić information content (AvgIpc) is 3.48. The average molecular weight is 465 g/mol. The normalized spacial score (nSPS) is 16.4. The second-order valence-electron chi connectivity index (χ2n) is 9.04. The van der Waals surface area contributed by atoms with Gasteiger partial charge in [0, 0.05) is 37.8 Å².